The van der Waals surface area contributed by atoms with Gasteiger partial charge < -0.3 is 15.2 Å². The zero-order valence-electron chi connectivity index (χ0n) is 10.2. The number of nitrogens with one attached hydrogen (secondary N) is 1. The van der Waals surface area contributed by atoms with Gasteiger partial charge in [0.2, 0.25) is 5.28 Å². The molecule has 0 spiro atoms. The van der Waals surface area contributed by atoms with E-state index in [0.717, 1.165) is 0 Å². The number of aliphatic hydroxyl groups is 1. The molecule has 0 bridgehead atoms. The van der Waals surface area contributed by atoms with Crippen LogP contribution in [0.5, 0.6) is 5.75 Å². The number of hydrogen-bond acceptors (Lipinski definition) is 6. The van der Waals surface area contributed by atoms with Crippen LogP contribution in [0.4, 0.5) is 5.82 Å². The molecule has 0 aliphatic rings. The molecule has 1 aromatic carbocycles. The van der Waals surface area contributed by atoms with Gasteiger partial charge in [-0.25, -0.2) is 9.97 Å². The lowest BCUT2D eigenvalue weighted by Gasteiger charge is -2.10. The predicted octanol–water partition coefficient (Wildman–Crippen LogP) is 1.27. The van der Waals surface area contributed by atoms with E-state index in [4.69, 9.17) is 21.4 Å². The molecule has 1 heterocycles. The van der Waals surface area contributed by atoms with Gasteiger partial charge in [0.05, 0.1) is 13.7 Å². The summed E-state index contributed by atoms with van der Waals surface area (Å²) in [4.78, 5) is 19.3. The summed E-state index contributed by atoms with van der Waals surface area (Å²) in [5, 5.41) is 12.3. The third kappa shape index (κ3) is 2.91. The molecule has 0 radical (unpaired) electrons. The summed E-state index contributed by atoms with van der Waals surface area (Å²) >= 11 is 5.85. The van der Waals surface area contributed by atoms with Crippen LogP contribution in [0.3, 0.4) is 0 Å². The number of halogens is 1. The van der Waals surface area contributed by atoms with Gasteiger partial charge >= 0.3 is 0 Å². The minimum Gasteiger partial charge on any atom is -0.494 e. The number of Topliss-reactive ketones (excluding diaryl/α,β-unsaturated/α-hetero) is 1. The second-order valence-corrected chi connectivity index (χ2v) is 4.09. The Morgan fingerprint density at radius 2 is 2.26 bits per heavy atom. The number of nitrogens with zero attached hydrogens (tertiary/aromatic N) is 2. The average molecular weight is 282 g/mol. The zero-order valence-corrected chi connectivity index (χ0v) is 10.9. The van der Waals surface area contributed by atoms with E-state index in [9.17, 15) is 4.79 Å². The topological polar surface area (TPSA) is 84.3 Å². The molecule has 19 heavy (non-hydrogen) atoms. The second-order valence-electron chi connectivity index (χ2n) is 3.75. The van der Waals surface area contributed by atoms with Gasteiger partial charge in [-0.05, 0) is 23.7 Å². The number of ether oxygens (including phenoxy) is 1. The van der Waals surface area contributed by atoms with Crippen molar-refractivity contribution in [1.29, 1.82) is 0 Å². The second kappa shape index (κ2) is 5.81. The number of carbonyl (C=O) groups excluding carboxylic acids is 1. The Morgan fingerprint density at radius 1 is 1.47 bits per heavy atom. The highest BCUT2D eigenvalue weighted by Gasteiger charge is 2.11. The van der Waals surface area contributed by atoms with Gasteiger partial charge in [0, 0.05) is 5.39 Å². The first kappa shape index (κ1) is 13.5. The maximum atomic E-state index is 11.1. The molecule has 0 aliphatic carbocycles. The fourth-order valence-electron chi connectivity index (χ4n) is 1.64. The van der Waals surface area contributed by atoms with Crippen LogP contribution < -0.4 is 10.1 Å². The molecule has 0 amide bonds. The van der Waals surface area contributed by atoms with E-state index in [1.54, 1.807) is 18.2 Å². The highest BCUT2D eigenvalue weighted by atomic mass is 35.5. The maximum Gasteiger partial charge on any atom is 0.225 e. The van der Waals surface area contributed by atoms with Crippen LogP contribution in [0.1, 0.15) is 0 Å². The third-order valence-electron chi connectivity index (χ3n) is 2.51. The molecule has 0 atom stereocenters. The number of rotatable bonds is 5. The normalized spacial score (nSPS) is 10.5. The Kier molecular flexibility index (Phi) is 4.13. The van der Waals surface area contributed by atoms with Crippen LogP contribution in [-0.2, 0) is 4.79 Å². The first-order chi connectivity index (χ1) is 9.15. The summed E-state index contributed by atoms with van der Waals surface area (Å²) in [7, 11) is 1.53. The minimum absolute atomic E-state index is 0.0316. The monoisotopic (exact) mass is 281 g/mol. The number of methoxy groups -OCH3 is 1. The Hall–Kier alpha value is -1.92. The van der Waals surface area contributed by atoms with Crippen molar-refractivity contribution in [2.45, 2.75) is 0 Å². The lowest BCUT2D eigenvalue weighted by Crippen LogP contribution is -2.17. The largest absolute Gasteiger partial charge is 0.494 e. The van der Waals surface area contributed by atoms with Gasteiger partial charge in [-0.3, -0.25) is 4.79 Å². The van der Waals surface area contributed by atoms with E-state index in [0.29, 0.717) is 22.5 Å². The van der Waals surface area contributed by atoms with E-state index in [2.05, 4.69) is 15.3 Å². The standard InChI is InChI=1S/C12H12ClN3O3/c1-19-9-4-2-3-8-10(9)15-12(13)16-11(8)14-5-7(18)6-17/h2-4,17H,5-6H2,1H3,(H,14,15,16). The predicted molar refractivity (Wildman–Crippen MR) is 71.7 cm³/mol. The lowest BCUT2D eigenvalue weighted by molar-refractivity contribution is -0.120. The lowest BCUT2D eigenvalue weighted by atomic mass is 10.2. The number of fused-ring (bicyclic) bond motifs is 1. The van der Waals surface area contributed by atoms with Crippen LogP contribution in [0, 0.1) is 0 Å². The Balaban J connectivity index is 2.45. The molecule has 100 valence electrons. The van der Waals surface area contributed by atoms with Crippen molar-refractivity contribution < 1.29 is 14.6 Å². The number of anilines is 1. The molecule has 0 aliphatic heterocycles. The van der Waals surface area contributed by atoms with Crippen molar-refractivity contribution in [3.8, 4) is 5.75 Å². The molecule has 0 unspecified atom stereocenters. The molecular formula is C12H12ClN3O3. The highest BCUT2D eigenvalue weighted by Crippen LogP contribution is 2.28. The van der Waals surface area contributed by atoms with Gasteiger partial charge in [-0.2, -0.15) is 0 Å². The molecule has 0 saturated heterocycles. The quantitative estimate of drug-likeness (QED) is 0.803. The molecular weight excluding hydrogens is 270 g/mol. The average Bonchev–Trinajstić information content (AvgIpc) is 2.43. The van der Waals surface area contributed by atoms with Crippen molar-refractivity contribution in [2.75, 3.05) is 25.6 Å². The molecule has 2 aromatic rings. The summed E-state index contributed by atoms with van der Waals surface area (Å²) < 4.78 is 5.20. The van der Waals surface area contributed by atoms with Crippen molar-refractivity contribution in [3.05, 3.63) is 23.5 Å². The summed E-state index contributed by atoms with van der Waals surface area (Å²) in [6.07, 6.45) is 0. The molecule has 7 heteroatoms. The van der Waals surface area contributed by atoms with E-state index < -0.39 is 6.61 Å². The number of aliphatic hydroxyl groups excluding tert-OH is 1. The summed E-state index contributed by atoms with van der Waals surface area (Å²) in [5.74, 6) is 0.653. The van der Waals surface area contributed by atoms with Gasteiger partial charge in [0.1, 0.15) is 23.7 Å². The smallest absolute Gasteiger partial charge is 0.225 e. The number of carbonyl (C=O) groups is 1. The van der Waals surface area contributed by atoms with E-state index >= 15 is 0 Å². The third-order valence-corrected chi connectivity index (χ3v) is 2.68. The van der Waals surface area contributed by atoms with Gasteiger partial charge in [-0.15, -0.1) is 0 Å². The zero-order chi connectivity index (χ0) is 13.8. The maximum absolute atomic E-state index is 11.1. The summed E-state index contributed by atoms with van der Waals surface area (Å²) in [6, 6.07) is 5.34. The fraction of sp³-hybridized carbons (Fsp3) is 0.250. The number of ketones is 1. The Bertz CT molecular complexity index is 618. The minimum atomic E-state index is -0.521. The van der Waals surface area contributed by atoms with E-state index in [-0.39, 0.29) is 17.6 Å². The number of aromatic nitrogens is 2. The van der Waals surface area contributed by atoms with Crippen molar-refractivity contribution in [2.24, 2.45) is 0 Å². The summed E-state index contributed by atoms with van der Waals surface area (Å²) in [6.45, 7) is -0.552. The first-order valence-corrected chi connectivity index (χ1v) is 5.90. The molecule has 0 saturated carbocycles. The number of para-hydroxylation sites is 1. The van der Waals surface area contributed by atoms with Crippen LogP contribution in [0.15, 0.2) is 18.2 Å². The SMILES string of the molecule is COc1cccc2c(NCC(=O)CO)nc(Cl)nc12. The highest BCUT2D eigenvalue weighted by molar-refractivity contribution is 6.29. The molecule has 6 nitrogen and oxygen atoms in total. The first-order valence-electron chi connectivity index (χ1n) is 5.52. The van der Waals surface area contributed by atoms with Gasteiger partial charge in [-0.1, -0.05) is 6.07 Å². The fourth-order valence-corrected chi connectivity index (χ4v) is 1.81. The Labute approximate surface area is 114 Å². The molecule has 2 N–H and O–H groups in total. The van der Waals surface area contributed by atoms with Crippen molar-refractivity contribution in [1.82, 2.24) is 9.97 Å². The van der Waals surface area contributed by atoms with Crippen LogP contribution in [0.2, 0.25) is 5.28 Å². The molecule has 1 aromatic heterocycles. The molecule has 0 fully saturated rings. The van der Waals surface area contributed by atoms with Gasteiger partial charge in [0.25, 0.3) is 0 Å². The van der Waals surface area contributed by atoms with Gasteiger partial charge in [0.15, 0.2) is 5.78 Å². The van der Waals surface area contributed by atoms with Crippen LogP contribution >= 0.6 is 11.6 Å². The van der Waals surface area contributed by atoms with Crippen molar-refractivity contribution in [3.63, 3.8) is 0 Å². The Morgan fingerprint density at radius 3 is 2.95 bits per heavy atom. The number of benzene rings is 1. The van der Waals surface area contributed by atoms with Crippen LogP contribution in [0.25, 0.3) is 10.9 Å². The van der Waals surface area contributed by atoms with Crippen molar-refractivity contribution >= 4 is 34.1 Å². The summed E-state index contributed by atoms with van der Waals surface area (Å²) in [5.41, 5.74) is 0.559. The van der Waals surface area contributed by atoms with E-state index in [1.807, 2.05) is 0 Å². The van der Waals surface area contributed by atoms with Crippen LogP contribution in [-0.4, -0.2) is 41.1 Å². The molecule has 2 rings (SSSR count). The van der Waals surface area contributed by atoms with E-state index in [1.165, 1.54) is 7.11 Å². The number of hydrogen-bond donors (Lipinski definition) is 2.